The fourth-order valence-electron chi connectivity index (χ4n) is 1.49. The Balaban J connectivity index is 2.13. The van der Waals surface area contributed by atoms with E-state index in [1.165, 1.54) is 4.88 Å². The lowest BCUT2D eigenvalue weighted by Crippen LogP contribution is -2.13. The number of aryl methyl sites for hydroxylation is 1. The molecule has 0 aliphatic carbocycles. The van der Waals surface area contributed by atoms with Crippen LogP contribution in [0.1, 0.15) is 23.9 Å². The molecule has 0 bridgehead atoms. The summed E-state index contributed by atoms with van der Waals surface area (Å²) in [5.41, 5.74) is 1.93. The first-order chi connectivity index (χ1) is 8.31. The van der Waals surface area contributed by atoms with Gasteiger partial charge in [-0.15, -0.1) is 11.3 Å². The van der Waals surface area contributed by atoms with Gasteiger partial charge in [0.15, 0.2) is 0 Å². The molecular formula is C12H16N4S. The van der Waals surface area contributed by atoms with Gasteiger partial charge >= 0.3 is 0 Å². The Morgan fingerprint density at radius 2 is 2.24 bits per heavy atom. The van der Waals surface area contributed by atoms with Gasteiger partial charge < -0.3 is 5.32 Å². The number of aromatic nitrogens is 3. The SMILES string of the molecule is CCCNCc1sc(-c2cnccn2)nc1C. The van der Waals surface area contributed by atoms with E-state index in [9.17, 15) is 0 Å². The summed E-state index contributed by atoms with van der Waals surface area (Å²) in [5, 5.41) is 4.34. The first-order valence-corrected chi connectivity index (χ1v) is 6.56. The van der Waals surface area contributed by atoms with Gasteiger partial charge in [-0.2, -0.15) is 0 Å². The van der Waals surface area contributed by atoms with Crippen LogP contribution >= 0.6 is 11.3 Å². The summed E-state index contributed by atoms with van der Waals surface area (Å²) in [6.45, 7) is 6.13. The molecule has 0 aliphatic rings. The monoisotopic (exact) mass is 248 g/mol. The summed E-state index contributed by atoms with van der Waals surface area (Å²) in [4.78, 5) is 14.1. The van der Waals surface area contributed by atoms with Crippen LogP contribution in [0.4, 0.5) is 0 Å². The van der Waals surface area contributed by atoms with Gasteiger partial charge in [0.1, 0.15) is 10.7 Å². The van der Waals surface area contributed by atoms with Gasteiger partial charge in [-0.05, 0) is 19.9 Å². The van der Waals surface area contributed by atoms with Crippen molar-refractivity contribution in [2.45, 2.75) is 26.8 Å². The van der Waals surface area contributed by atoms with Crippen molar-refractivity contribution in [1.29, 1.82) is 0 Å². The van der Waals surface area contributed by atoms with Gasteiger partial charge in [0.25, 0.3) is 0 Å². The normalized spacial score (nSPS) is 10.7. The molecule has 0 spiro atoms. The van der Waals surface area contributed by atoms with E-state index >= 15 is 0 Å². The second-order valence-corrected chi connectivity index (χ2v) is 4.88. The van der Waals surface area contributed by atoms with Crippen molar-refractivity contribution < 1.29 is 0 Å². The molecule has 0 saturated heterocycles. The second-order valence-electron chi connectivity index (χ2n) is 3.80. The van der Waals surface area contributed by atoms with E-state index in [4.69, 9.17) is 0 Å². The third-order valence-corrected chi connectivity index (χ3v) is 3.57. The maximum Gasteiger partial charge on any atom is 0.144 e. The van der Waals surface area contributed by atoms with Crippen molar-refractivity contribution >= 4 is 11.3 Å². The number of hydrogen-bond acceptors (Lipinski definition) is 5. The Kier molecular flexibility index (Phi) is 4.17. The number of hydrogen-bond donors (Lipinski definition) is 1. The Labute approximate surface area is 105 Å². The molecule has 17 heavy (non-hydrogen) atoms. The van der Waals surface area contributed by atoms with Crippen molar-refractivity contribution in [2.75, 3.05) is 6.54 Å². The molecule has 2 rings (SSSR count). The van der Waals surface area contributed by atoms with Crippen LogP contribution < -0.4 is 5.32 Å². The minimum Gasteiger partial charge on any atom is -0.312 e. The van der Waals surface area contributed by atoms with Gasteiger partial charge in [-0.3, -0.25) is 9.97 Å². The van der Waals surface area contributed by atoms with E-state index in [0.717, 1.165) is 35.9 Å². The Bertz CT molecular complexity index is 467. The fraction of sp³-hybridized carbons (Fsp3) is 0.417. The molecule has 2 heterocycles. The molecule has 5 heteroatoms. The standard InChI is InChI=1S/C12H16N4S/c1-3-4-13-8-11-9(2)16-12(17-11)10-7-14-5-6-15-10/h5-7,13H,3-4,8H2,1-2H3. The quantitative estimate of drug-likeness (QED) is 0.826. The van der Waals surface area contributed by atoms with Crippen LogP contribution in [0.5, 0.6) is 0 Å². The summed E-state index contributed by atoms with van der Waals surface area (Å²) in [6.07, 6.45) is 6.27. The van der Waals surface area contributed by atoms with E-state index in [-0.39, 0.29) is 0 Å². The predicted molar refractivity (Wildman–Crippen MR) is 69.9 cm³/mol. The number of nitrogens with zero attached hydrogens (tertiary/aromatic N) is 3. The average molecular weight is 248 g/mol. The maximum absolute atomic E-state index is 4.54. The van der Waals surface area contributed by atoms with Crippen LogP contribution in [0.15, 0.2) is 18.6 Å². The summed E-state index contributed by atoms with van der Waals surface area (Å²) in [7, 11) is 0. The Morgan fingerprint density at radius 1 is 1.35 bits per heavy atom. The lowest BCUT2D eigenvalue weighted by Gasteiger charge is -1.99. The van der Waals surface area contributed by atoms with Crippen LogP contribution in [0.2, 0.25) is 0 Å². The van der Waals surface area contributed by atoms with Crippen LogP contribution in [0.25, 0.3) is 10.7 Å². The third-order valence-electron chi connectivity index (χ3n) is 2.39. The highest BCUT2D eigenvalue weighted by molar-refractivity contribution is 7.15. The van der Waals surface area contributed by atoms with Crippen molar-refractivity contribution in [1.82, 2.24) is 20.3 Å². The van der Waals surface area contributed by atoms with Gasteiger partial charge in [0, 0.05) is 23.8 Å². The van der Waals surface area contributed by atoms with Gasteiger partial charge in [-0.25, -0.2) is 4.98 Å². The highest BCUT2D eigenvalue weighted by Crippen LogP contribution is 2.25. The zero-order chi connectivity index (χ0) is 12.1. The summed E-state index contributed by atoms with van der Waals surface area (Å²) < 4.78 is 0. The lowest BCUT2D eigenvalue weighted by molar-refractivity contribution is 0.678. The molecule has 2 aromatic heterocycles. The van der Waals surface area contributed by atoms with Crippen LogP contribution in [-0.2, 0) is 6.54 Å². The zero-order valence-corrected chi connectivity index (χ0v) is 10.9. The van der Waals surface area contributed by atoms with E-state index < -0.39 is 0 Å². The summed E-state index contributed by atoms with van der Waals surface area (Å²) in [6, 6.07) is 0. The first kappa shape index (κ1) is 12.1. The molecule has 1 N–H and O–H groups in total. The minimum atomic E-state index is 0.849. The second kappa shape index (κ2) is 5.84. The van der Waals surface area contributed by atoms with Crippen LogP contribution in [0.3, 0.4) is 0 Å². The van der Waals surface area contributed by atoms with Crippen molar-refractivity contribution in [3.05, 3.63) is 29.2 Å². The van der Waals surface area contributed by atoms with E-state index in [1.807, 2.05) is 6.92 Å². The van der Waals surface area contributed by atoms with E-state index in [2.05, 4.69) is 27.2 Å². The average Bonchev–Trinajstić information content (AvgIpc) is 2.73. The lowest BCUT2D eigenvalue weighted by atomic mass is 10.4. The molecule has 0 atom stereocenters. The minimum absolute atomic E-state index is 0.849. The molecule has 0 aliphatic heterocycles. The summed E-state index contributed by atoms with van der Waals surface area (Å²) in [5.74, 6) is 0. The Hall–Kier alpha value is -1.33. The molecule has 4 nitrogen and oxygen atoms in total. The Morgan fingerprint density at radius 3 is 2.94 bits per heavy atom. The van der Waals surface area contributed by atoms with Crippen molar-refractivity contribution in [2.24, 2.45) is 0 Å². The van der Waals surface area contributed by atoms with Gasteiger partial charge in [-0.1, -0.05) is 6.92 Å². The van der Waals surface area contributed by atoms with Gasteiger partial charge in [0.05, 0.1) is 11.9 Å². The molecule has 0 radical (unpaired) electrons. The van der Waals surface area contributed by atoms with E-state index in [0.29, 0.717) is 0 Å². The molecule has 0 fully saturated rings. The molecule has 0 saturated carbocycles. The molecule has 0 unspecified atom stereocenters. The zero-order valence-electron chi connectivity index (χ0n) is 10.1. The highest BCUT2D eigenvalue weighted by atomic mass is 32.1. The molecule has 0 amide bonds. The number of rotatable bonds is 5. The molecular weight excluding hydrogens is 232 g/mol. The maximum atomic E-state index is 4.54. The molecule has 2 aromatic rings. The van der Waals surface area contributed by atoms with Crippen LogP contribution in [-0.4, -0.2) is 21.5 Å². The smallest absolute Gasteiger partial charge is 0.144 e. The largest absolute Gasteiger partial charge is 0.312 e. The van der Waals surface area contributed by atoms with Crippen molar-refractivity contribution in [3.63, 3.8) is 0 Å². The fourth-order valence-corrected chi connectivity index (χ4v) is 2.48. The van der Waals surface area contributed by atoms with E-state index in [1.54, 1.807) is 29.9 Å². The van der Waals surface area contributed by atoms with Crippen LogP contribution in [0, 0.1) is 6.92 Å². The predicted octanol–water partition coefficient (Wildman–Crippen LogP) is 2.41. The number of nitrogens with one attached hydrogen (secondary N) is 1. The number of thiazole rings is 1. The van der Waals surface area contributed by atoms with Gasteiger partial charge in [0.2, 0.25) is 0 Å². The topological polar surface area (TPSA) is 50.7 Å². The first-order valence-electron chi connectivity index (χ1n) is 5.74. The molecule has 0 aromatic carbocycles. The highest BCUT2D eigenvalue weighted by Gasteiger charge is 2.09. The molecule has 90 valence electrons. The summed E-state index contributed by atoms with van der Waals surface area (Å²) >= 11 is 1.69. The third kappa shape index (κ3) is 3.08. The van der Waals surface area contributed by atoms with Crippen molar-refractivity contribution in [3.8, 4) is 10.7 Å².